The zero-order chi connectivity index (χ0) is 21.5. The highest BCUT2D eigenvalue weighted by Crippen LogP contribution is 2.29. The Bertz CT molecular complexity index is 981. The van der Waals surface area contributed by atoms with E-state index in [2.05, 4.69) is 50.6 Å². The number of aromatic nitrogens is 3. The van der Waals surface area contributed by atoms with Crippen molar-refractivity contribution in [2.45, 2.75) is 50.4 Å². The first-order valence-electron chi connectivity index (χ1n) is 10.8. The molecule has 31 heavy (non-hydrogen) atoms. The summed E-state index contributed by atoms with van der Waals surface area (Å²) >= 11 is 3.19. The van der Waals surface area contributed by atoms with Crippen LogP contribution in [0.25, 0.3) is 11.4 Å². The lowest BCUT2D eigenvalue weighted by Gasteiger charge is -2.14. The fourth-order valence-electron chi connectivity index (χ4n) is 3.62. The summed E-state index contributed by atoms with van der Waals surface area (Å²) in [4.78, 5) is 13.7. The zero-order valence-electron chi connectivity index (χ0n) is 17.8. The fourth-order valence-corrected chi connectivity index (χ4v) is 5.21. The molecule has 8 heteroatoms. The van der Waals surface area contributed by atoms with E-state index in [1.165, 1.54) is 22.2 Å². The van der Waals surface area contributed by atoms with E-state index in [9.17, 15) is 4.79 Å². The first kappa shape index (κ1) is 22.0. The number of ether oxygens (including phenoxy) is 1. The lowest BCUT2D eigenvalue weighted by atomic mass is 10.1. The monoisotopic (exact) mass is 456 g/mol. The summed E-state index contributed by atoms with van der Waals surface area (Å²) in [5.41, 5.74) is 2.31. The van der Waals surface area contributed by atoms with Gasteiger partial charge in [-0.1, -0.05) is 49.0 Å². The third-order valence-electron chi connectivity index (χ3n) is 5.30. The summed E-state index contributed by atoms with van der Waals surface area (Å²) in [6, 6.07) is 12.4. The standard InChI is InChI=1S/C23H28N4O2S2/c1-2-20-13-18(15-30-20)22-25-26-23(27(22)14-19-9-6-12-29-19)31-16-21(28)24-11-10-17-7-4-3-5-8-17/h3-5,7-8,13,15,19H,2,6,9-12,14,16H2,1H3,(H,24,28). The maximum atomic E-state index is 12.4. The van der Waals surface area contributed by atoms with E-state index in [1.54, 1.807) is 11.3 Å². The Labute approximate surface area is 191 Å². The van der Waals surface area contributed by atoms with Crippen LogP contribution in [0, 0.1) is 0 Å². The predicted octanol–water partition coefficient (Wildman–Crippen LogP) is 4.20. The molecule has 1 amide bonds. The molecule has 164 valence electrons. The molecule has 2 aromatic heterocycles. The van der Waals surface area contributed by atoms with Crippen molar-refractivity contribution in [3.8, 4) is 11.4 Å². The summed E-state index contributed by atoms with van der Waals surface area (Å²) in [6.07, 6.45) is 4.15. The molecule has 1 aromatic carbocycles. The van der Waals surface area contributed by atoms with E-state index in [4.69, 9.17) is 4.74 Å². The van der Waals surface area contributed by atoms with Crippen molar-refractivity contribution in [3.05, 3.63) is 52.2 Å². The first-order chi connectivity index (χ1) is 15.2. The van der Waals surface area contributed by atoms with Crippen LogP contribution in [0.15, 0.2) is 46.9 Å². The number of nitrogens with one attached hydrogen (secondary N) is 1. The fraction of sp³-hybridized carbons (Fsp3) is 0.435. The van der Waals surface area contributed by atoms with E-state index in [0.29, 0.717) is 12.3 Å². The van der Waals surface area contributed by atoms with Gasteiger partial charge in [0.15, 0.2) is 11.0 Å². The van der Waals surface area contributed by atoms with Gasteiger partial charge in [-0.2, -0.15) is 0 Å². The van der Waals surface area contributed by atoms with Gasteiger partial charge in [0.1, 0.15) is 0 Å². The lowest BCUT2D eigenvalue weighted by Crippen LogP contribution is -2.27. The lowest BCUT2D eigenvalue weighted by molar-refractivity contribution is -0.118. The predicted molar refractivity (Wildman–Crippen MR) is 126 cm³/mol. The average molecular weight is 457 g/mol. The van der Waals surface area contributed by atoms with Crippen molar-refractivity contribution in [2.24, 2.45) is 0 Å². The van der Waals surface area contributed by atoms with Gasteiger partial charge in [-0.25, -0.2) is 0 Å². The average Bonchev–Trinajstić information content (AvgIpc) is 3.55. The van der Waals surface area contributed by atoms with Crippen LogP contribution in [0.1, 0.15) is 30.2 Å². The van der Waals surface area contributed by atoms with Crippen molar-refractivity contribution in [3.63, 3.8) is 0 Å². The van der Waals surface area contributed by atoms with Crippen LogP contribution in [0.3, 0.4) is 0 Å². The second-order valence-corrected chi connectivity index (χ2v) is 9.52. The molecule has 3 aromatic rings. The summed E-state index contributed by atoms with van der Waals surface area (Å²) in [6.45, 7) is 4.32. The van der Waals surface area contributed by atoms with Crippen LogP contribution in [0.5, 0.6) is 0 Å². The zero-order valence-corrected chi connectivity index (χ0v) is 19.4. The largest absolute Gasteiger partial charge is 0.376 e. The highest BCUT2D eigenvalue weighted by Gasteiger charge is 2.22. The molecule has 6 nitrogen and oxygen atoms in total. The topological polar surface area (TPSA) is 69.0 Å². The number of nitrogens with zero attached hydrogens (tertiary/aromatic N) is 3. The van der Waals surface area contributed by atoms with Gasteiger partial charge in [0.05, 0.1) is 18.4 Å². The first-order valence-corrected chi connectivity index (χ1v) is 12.7. The Morgan fingerprint density at radius 2 is 2.19 bits per heavy atom. The molecule has 1 N–H and O–H groups in total. The molecule has 1 unspecified atom stereocenters. The molecule has 0 radical (unpaired) electrons. The molecule has 1 saturated heterocycles. The van der Waals surface area contributed by atoms with E-state index in [1.807, 2.05) is 18.2 Å². The van der Waals surface area contributed by atoms with Crippen molar-refractivity contribution >= 4 is 29.0 Å². The van der Waals surface area contributed by atoms with Crippen molar-refractivity contribution < 1.29 is 9.53 Å². The van der Waals surface area contributed by atoms with Gasteiger partial charge >= 0.3 is 0 Å². The number of hydrogen-bond donors (Lipinski definition) is 1. The van der Waals surface area contributed by atoms with Crippen molar-refractivity contribution in [2.75, 3.05) is 18.9 Å². The molecule has 1 aliphatic heterocycles. The summed E-state index contributed by atoms with van der Waals surface area (Å²) in [5, 5.41) is 14.8. The minimum atomic E-state index is 0.0120. The van der Waals surface area contributed by atoms with E-state index >= 15 is 0 Å². The smallest absolute Gasteiger partial charge is 0.230 e. The van der Waals surface area contributed by atoms with Gasteiger partial charge in [-0.15, -0.1) is 21.5 Å². The molecule has 4 rings (SSSR count). The Morgan fingerprint density at radius 3 is 2.94 bits per heavy atom. The van der Waals surface area contributed by atoms with E-state index in [-0.39, 0.29) is 12.0 Å². The Kier molecular flexibility index (Phi) is 7.77. The van der Waals surface area contributed by atoms with Gasteiger partial charge in [-0.05, 0) is 37.3 Å². The number of rotatable bonds is 10. The second kappa shape index (κ2) is 10.9. The number of carbonyl (C=O) groups is 1. The molecule has 1 aliphatic rings. The van der Waals surface area contributed by atoms with Gasteiger partial charge in [0, 0.05) is 29.0 Å². The van der Waals surface area contributed by atoms with Crippen LogP contribution in [0.4, 0.5) is 0 Å². The Balaban J connectivity index is 1.38. The van der Waals surface area contributed by atoms with Crippen LogP contribution in [-0.2, 0) is 28.9 Å². The maximum absolute atomic E-state index is 12.4. The number of thioether (sulfide) groups is 1. The molecule has 3 heterocycles. The Morgan fingerprint density at radius 1 is 1.32 bits per heavy atom. The number of amides is 1. The summed E-state index contributed by atoms with van der Waals surface area (Å²) < 4.78 is 7.98. The molecule has 1 fully saturated rings. The van der Waals surface area contributed by atoms with E-state index < -0.39 is 0 Å². The van der Waals surface area contributed by atoms with Gasteiger partial charge in [0.2, 0.25) is 5.91 Å². The van der Waals surface area contributed by atoms with Crippen molar-refractivity contribution in [1.82, 2.24) is 20.1 Å². The maximum Gasteiger partial charge on any atom is 0.230 e. The number of carbonyl (C=O) groups excluding carboxylic acids is 1. The van der Waals surface area contributed by atoms with Crippen LogP contribution >= 0.6 is 23.1 Å². The highest BCUT2D eigenvalue weighted by atomic mass is 32.2. The molecule has 1 atom stereocenters. The van der Waals surface area contributed by atoms with Crippen LogP contribution < -0.4 is 5.32 Å². The van der Waals surface area contributed by atoms with Gasteiger partial charge in [-0.3, -0.25) is 9.36 Å². The number of benzene rings is 1. The van der Waals surface area contributed by atoms with Gasteiger partial charge in [0.25, 0.3) is 0 Å². The van der Waals surface area contributed by atoms with Crippen LogP contribution in [0.2, 0.25) is 0 Å². The minimum Gasteiger partial charge on any atom is -0.376 e. The number of aryl methyl sites for hydroxylation is 1. The molecular weight excluding hydrogens is 428 g/mol. The quantitative estimate of drug-likeness (QED) is 0.463. The SMILES string of the molecule is CCc1cc(-c2nnc(SCC(=O)NCCc3ccccc3)n2CC2CCCO2)cs1. The molecule has 0 bridgehead atoms. The third kappa shape index (κ3) is 5.96. The number of hydrogen-bond acceptors (Lipinski definition) is 6. The molecule has 0 aliphatic carbocycles. The van der Waals surface area contributed by atoms with Crippen molar-refractivity contribution in [1.29, 1.82) is 0 Å². The Hall–Kier alpha value is -2.16. The van der Waals surface area contributed by atoms with Gasteiger partial charge < -0.3 is 10.1 Å². The van der Waals surface area contributed by atoms with E-state index in [0.717, 1.165) is 55.4 Å². The number of thiophene rings is 1. The second-order valence-electron chi connectivity index (χ2n) is 7.58. The highest BCUT2D eigenvalue weighted by molar-refractivity contribution is 7.99. The molecular formula is C23H28N4O2S2. The summed E-state index contributed by atoms with van der Waals surface area (Å²) in [5.74, 6) is 1.19. The normalized spacial score (nSPS) is 16.0. The van der Waals surface area contributed by atoms with Crippen LogP contribution in [-0.4, -0.2) is 45.7 Å². The molecule has 0 spiro atoms. The minimum absolute atomic E-state index is 0.0120. The summed E-state index contributed by atoms with van der Waals surface area (Å²) in [7, 11) is 0. The molecule has 0 saturated carbocycles. The third-order valence-corrected chi connectivity index (χ3v) is 7.35.